The van der Waals surface area contributed by atoms with Crippen molar-refractivity contribution in [1.29, 1.82) is 0 Å². The van der Waals surface area contributed by atoms with Crippen molar-refractivity contribution in [3.05, 3.63) is 42.0 Å². The average Bonchev–Trinajstić information content (AvgIpc) is 3.31. The summed E-state index contributed by atoms with van der Waals surface area (Å²) in [5, 5.41) is 12.9. The van der Waals surface area contributed by atoms with Crippen molar-refractivity contribution in [3.8, 4) is 0 Å². The molecular weight excluding hydrogens is 588 g/mol. The van der Waals surface area contributed by atoms with Crippen LogP contribution in [0.4, 0.5) is 10.5 Å². The van der Waals surface area contributed by atoms with Crippen molar-refractivity contribution >= 4 is 47.2 Å². The maximum absolute atomic E-state index is 12.7. The maximum atomic E-state index is 12.7. The highest BCUT2D eigenvalue weighted by atomic mass is 16.6. The molecule has 2 aliphatic heterocycles. The molecule has 0 saturated carbocycles. The Morgan fingerprint density at radius 3 is 2.20 bits per heavy atom. The van der Waals surface area contributed by atoms with Gasteiger partial charge in [0.1, 0.15) is 12.6 Å². The standard InChI is InChI=1S/C30H40N6O9/c1-19(2)26(34-22(37)7-5-4-6-14-36-24(39)12-13-25(36)40)27(41)32-15-23(38)33-21-10-8-20(9-11-21)16-45-29(43)35-30(17-44-18-30)28(42)31-3/h8-13,19,26H,4-7,14-18H2,1-3H3,(H,31,42)(H,32,41)(H,33,38)(H,34,37)(H,35,43). The predicted molar refractivity (Wildman–Crippen MR) is 160 cm³/mol. The number of rotatable bonds is 16. The molecule has 2 heterocycles. The van der Waals surface area contributed by atoms with E-state index in [9.17, 15) is 33.6 Å². The molecule has 0 aliphatic carbocycles. The zero-order valence-corrected chi connectivity index (χ0v) is 25.6. The second kappa shape index (κ2) is 16.3. The molecule has 244 valence electrons. The second-order valence-corrected chi connectivity index (χ2v) is 11.1. The van der Waals surface area contributed by atoms with Crippen LogP contribution in [0.2, 0.25) is 0 Å². The second-order valence-electron chi connectivity index (χ2n) is 11.1. The summed E-state index contributed by atoms with van der Waals surface area (Å²) < 4.78 is 10.2. The summed E-state index contributed by atoms with van der Waals surface area (Å²) in [5.74, 6) is -2.56. The van der Waals surface area contributed by atoms with Gasteiger partial charge in [-0.05, 0) is 36.5 Å². The molecule has 0 bridgehead atoms. The number of benzene rings is 1. The Hall–Kier alpha value is -4.79. The van der Waals surface area contributed by atoms with Crippen LogP contribution in [0, 0.1) is 5.92 Å². The number of ether oxygens (including phenoxy) is 2. The van der Waals surface area contributed by atoms with E-state index in [1.807, 2.05) is 0 Å². The largest absolute Gasteiger partial charge is 0.445 e. The number of alkyl carbamates (subject to hydrolysis) is 1. The first-order valence-electron chi connectivity index (χ1n) is 14.7. The molecule has 1 unspecified atom stereocenters. The third-order valence-corrected chi connectivity index (χ3v) is 7.18. The fourth-order valence-electron chi connectivity index (χ4n) is 4.52. The monoisotopic (exact) mass is 628 g/mol. The van der Waals surface area contributed by atoms with Gasteiger partial charge in [0.05, 0.1) is 19.8 Å². The summed E-state index contributed by atoms with van der Waals surface area (Å²) in [6.45, 7) is 3.57. The first-order valence-corrected chi connectivity index (χ1v) is 14.7. The summed E-state index contributed by atoms with van der Waals surface area (Å²) >= 11 is 0. The summed E-state index contributed by atoms with van der Waals surface area (Å²) in [6.07, 6.45) is 3.59. The predicted octanol–water partition coefficient (Wildman–Crippen LogP) is 0.109. The van der Waals surface area contributed by atoms with Gasteiger partial charge in [0.25, 0.3) is 11.8 Å². The van der Waals surface area contributed by atoms with Crippen molar-refractivity contribution in [2.75, 3.05) is 38.7 Å². The number of nitrogens with one attached hydrogen (secondary N) is 5. The first kappa shape index (κ1) is 34.7. The van der Waals surface area contributed by atoms with E-state index in [4.69, 9.17) is 9.47 Å². The lowest BCUT2D eigenvalue weighted by molar-refractivity contribution is -0.146. The third kappa shape index (κ3) is 10.1. The fraction of sp³-hybridized carbons (Fsp3) is 0.500. The van der Waals surface area contributed by atoms with E-state index in [-0.39, 0.29) is 62.3 Å². The third-order valence-electron chi connectivity index (χ3n) is 7.18. The van der Waals surface area contributed by atoms with Crippen molar-refractivity contribution < 1.29 is 43.0 Å². The van der Waals surface area contributed by atoms with E-state index < -0.39 is 29.5 Å². The Bertz CT molecular complexity index is 1290. The number of unbranched alkanes of at least 4 members (excludes halogenated alkanes) is 2. The highest BCUT2D eigenvalue weighted by Gasteiger charge is 2.47. The maximum Gasteiger partial charge on any atom is 0.408 e. The zero-order chi connectivity index (χ0) is 33.0. The van der Waals surface area contributed by atoms with Crippen LogP contribution in [0.15, 0.2) is 36.4 Å². The number of hydrogen-bond donors (Lipinski definition) is 5. The molecule has 0 aromatic heterocycles. The van der Waals surface area contributed by atoms with Crippen LogP contribution in [0.3, 0.4) is 0 Å². The van der Waals surface area contributed by atoms with Gasteiger partial charge in [0, 0.05) is 37.9 Å². The Morgan fingerprint density at radius 1 is 0.956 bits per heavy atom. The van der Waals surface area contributed by atoms with Crippen molar-refractivity contribution in [1.82, 2.24) is 26.2 Å². The van der Waals surface area contributed by atoms with Gasteiger partial charge in [-0.15, -0.1) is 0 Å². The summed E-state index contributed by atoms with van der Waals surface area (Å²) in [4.78, 5) is 86.1. The van der Waals surface area contributed by atoms with E-state index in [1.54, 1.807) is 38.1 Å². The summed E-state index contributed by atoms with van der Waals surface area (Å²) in [6, 6.07) is 5.68. The zero-order valence-electron chi connectivity index (χ0n) is 25.6. The highest BCUT2D eigenvalue weighted by molar-refractivity contribution is 6.12. The van der Waals surface area contributed by atoms with Crippen LogP contribution in [-0.4, -0.2) is 91.4 Å². The number of imide groups is 1. The number of nitrogens with zero attached hydrogens (tertiary/aromatic N) is 1. The molecule has 5 N–H and O–H groups in total. The lowest BCUT2D eigenvalue weighted by atomic mass is 9.97. The van der Waals surface area contributed by atoms with Crippen LogP contribution >= 0.6 is 0 Å². The minimum Gasteiger partial charge on any atom is -0.445 e. The lowest BCUT2D eigenvalue weighted by Crippen LogP contribution is -2.69. The Kier molecular flexibility index (Phi) is 12.6. The number of carbonyl (C=O) groups is 7. The molecule has 2 aliphatic rings. The van der Waals surface area contributed by atoms with Crippen molar-refractivity contribution in [3.63, 3.8) is 0 Å². The first-order chi connectivity index (χ1) is 21.4. The van der Waals surface area contributed by atoms with Crippen LogP contribution in [0.5, 0.6) is 0 Å². The molecule has 0 radical (unpaired) electrons. The normalized spacial score (nSPS) is 15.6. The minimum absolute atomic E-state index is 0.0536. The molecule has 1 aromatic rings. The quantitative estimate of drug-likeness (QED) is 0.124. The minimum atomic E-state index is -1.14. The average molecular weight is 629 g/mol. The summed E-state index contributed by atoms with van der Waals surface area (Å²) in [5.41, 5.74) is -0.0494. The van der Waals surface area contributed by atoms with Gasteiger partial charge in [-0.1, -0.05) is 32.4 Å². The Labute approximate surface area is 260 Å². The molecule has 45 heavy (non-hydrogen) atoms. The van der Waals surface area contributed by atoms with E-state index in [1.165, 1.54) is 19.2 Å². The molecule has 15 heteroatoms. The van der Waals surface area contributed by atoms with E-state index >= 15 is 0 Å². The smallest absolute Gasteiger partial charge is 0.408 e. The van der Waals surface area contributed by atoms with Gasteiger partial charge in [-0.25, -0.2) is 4.79 Å². The van der Waals surface area contributed by atoms with Gasteiger partial charge in [-0.2, -0.15) is 0 Å². The van der Waals surface area contributed by atoms with E-state index in [2.05, 4.69) is 26.6 Å². The molecule has 3 rings (SSSR count). The SMILES string of the molecule is CNC(=O)C1(NC(=O)OCc2ccc(NC(=O)CNC(=O)C(NC(=O)CCCCCN3C(=O)C=CC3=O)C(C)C)cc2)COC1. The molecule has 1 aromatic carbocycles. The van der Waals surface area contributed by atoms with Crippen LogP contribution < -0.4 is 26.6 Å². The van der Waals surface area contributed by atoms with Crippen LogP contribution in [-0.2, 0) is 44.8 Å². The lowest BCUT2D eigenvalue weighted by Gasteiger charge is -2.39. The van der Waals surface area contributed by atoms with E-state index in [0.717, 1.165) is 4.90 Å². The topological polar surface area (TPSA) is 201 Å². The van der Waals surface area contributed by atoms with Gasteiger partial charge in [0.15, 0.2) is 5.54 Å². The Balaban J connectivity index is 1.34. The highest BCUT2D eigenvalue weighted by Crippen LogP contribution is 2.18. The fourth-order valence-corrected chi connectivity index (χ4v) is 4.52. The molecule has 7 amide bonds. The number of hydrogen-bond acceptors (Lipinski definition) is 9. The Morgan fingerprint density at radius 2 is 1.62 bits per heavy atom. The van der Waals surface area contributed by atoms with Crippen molar-refractivity contribution in [2.45, 2.75) is 57.7 Å². The molecule has 1 atom stereocenters. The van der Waals surface area contributed by atoms with E-state index in [0.29, 0.717) is 37.1 Å². The van der Waals surface area contributed by atoms with Gasteiger partial charge >= 0.3 is 6.09 Å². The van der Waals surface area contributed by atoms with Crippen LogP contribution in [0.25, 0.3) is 0 Å². The number of amides is 7. The molecule has 1 fully saturated rings. The van der Waals surface area contributed by atoms with Gasteiger partial charge in [-0.3, -0.25) is 33.7 Å². The number of anilines is 1. The number of likely N-dealkylation sites (N-methyl/N-ethyl adjacent to an activating group) is 1. The number of carbonyl (C=O) groups excluding carboxylic acids is 7. The van der Waals surface area contributed by atoms with Gasteiger partial charge < -0.3 is 36.1 Å². The molecule has 0 spiro atoms. The van der Waals surface area contributed by atoms with Gasteiger partial charge in [0.2, 0.25) is 23.6 Å². The van der Waals surface area contributed by atoms with Crippen LogP contribution in [0.1, 0.15) is 45.1 Å². The summed E-state index contributed by atoms with van der Waals surface area (Å²) in [7, 11) is 1.46. The molecular formula is C30H40N6O9. The molecule has 15 nitrogen and oxygen atoms in total. The van der Waals surface area contributed by atoms with Crippen molar-refractivity contribution in [2.24, 2.45) is 5.92 Å². The molecule has 1 saturated heterocycles.